The van der Waals surface area contributed by atoms with Crippen LogP contribution in [0.2, 0.25) is 0 Å². The summed E-state index contributed by atoms with van der Waals surface area (Å²) in [6.45, 7) is 4.53. The Labute approximate surface area is 152 Å². The van der Waals surface area contributed by atoms with Crippen LogP contribution >= 0.6 is 0 Å². The number of nitrogens with zero attached hydrogens (tertiary/aromatic N) is 4. The zero-order chi connectivity index (χ0) is 17.9. The van der Waals surface area contributed by atoms with E-state index >= 15 is 0 Å². The third-order valence-electron chi connectivity index (χ3n) is 5.01. The number of amides is 1. The van der Waals surface area contributed by atoms with Crippen molar-refractivity contribution in [3.63, 3.8) is 0 Å². The molecule has 8 nitrogen and oxygen atoms in total. The smallest absolute Gasteiger partial charge is 0.291 e. The fourth-order valence-corrected chi connectivity index (χ4v) is 3.55. The van der Waals surface area contributed by atoms with Gasteiger partial charge in [0.2, 0.25) is 5.76 Å². The number of hydrogen-bond donors (Lipinski definition) is 1. The minimum absolute atomic E-state index is 0.115. The summed E-state index contributed by atoms with van der Waals surface area (Å²) in [5, 5.41) is 3.51. The van der Waals surface area contributed by atoms with Crippen LogP contribution in [0.1, 0.15) is 40.3 Å². The van der Waals surface area contributed by atoms with Gasteiger partial charge in [0.1, 0.15) is 12.1 Å². The van der Waals surface area contributed by atoms with Crippen LogP contribution in [0.4, 0.5) is 5.82 Å². The summed E-state index contributed by atoms with van der Waals surface area (Å²) in [5.41, 5.74) is 2.72. The van der Waals surface area contributed by atoms with Crippen molar-refractivity contribution >= 4 is 11.7 Å². The highest BCUT2D eigenvalue weighted by molar-refractivity contribution is 5.92. The second-order valence-corrected chi connectivity index (χ2v) is 6.77. The number of aromatic nitrogens is 3. The van der Waals surface area contributed by atoms with Crippen molar-refractivity contribution in [1.29, 1.82) is 0 Å². The van der Waals surface area contributed by atoms with Gasteiger partial charge in [0, 0.05) is 31.7 Å². The summed E-state index contributed by atoms with van der Waals surface area (Å²) in [7, 11) is 0. The molecule has 138 valence electrons. The average molecular weight is 357 g/mol. The molecule has 26 heavy (non-hydrogen) atoms. The van der Waals surface area contributed by atoms with Crippen LogP contribution in [0.5, 0.6) is 0 Å². The van der Waals surface area contributed by atoms with Gasteiger partial charge in [-0.3, -0.25) is 4.79 Å². The van der Waals surface area contributed by atoms with Crippen molar-refractivity contribution in [2.24, 2.45) is 0 Å². The molecule has 1 atom stereocenters. The molecule has 1 fully saturated rings. The lowest BCUT2D eigenvalue weighted by molar-refractivity contribution is 0.0730. The van der Waals surface area contributed by atoms with Gasteiger partial charge in [0.25, 0.3) is 5.91 Å². The molecular weight excluding hydrogens is 334 g/mol. The molecule has 1 N–H and O–H groups in total. The lowest BCUT2D eigenvalue weighted by Gasteiger charge is -2.25. The molecule has 0 unspecified atom stereocenters. The second kappa shape index (κ2) is 7.41. The molecule has 0 spiro atoms. The van der Waals surface area contributed by atoms with Crippen LogP contribution in [-0.2, 0) is 17.6 Å². The Balaban J connectivity index is 1.50. The molecule has 1 amide bonds. The maximum absolute atomic E-state index is 12.7. The maximum atomic E-state index is 12.7. The largest absolute Gasteiger partial charge is 0.438 e. The number of nitrogens with one attached hydrogen (secondary N) is 1. The summed E-state index contributed by atoms with van der Waals surface area (Å²) < 4.78 is 10.8. The van der Waals surface area contributed by atoms with E-state index in [4.69, 9.17) is 9.15 Å². The number of aryl methyl sites for hydroxylation is 1. The first-order chi connectivity index (χ1) is 12.7. The number of hydrogen-bond acceptors (Lipinski definition) is 7. The minimum Gasteiger partial charge on any atom is -0.438 e. The molecular formula is C18H23N5O3. The third kappa shape index (κ3) is 3.41. The predicted octanol–water partition coefficient (Wildman–Crippen LogP) is 1.60. The number of fused-ring (bicyclic) bond motifs is 1. The van der Waals surface area contributed by atoms with E-state index in [1.165, 1.54) is 6.39 Å². The van der Waals surface area contributed by atoms with Crippen LogP contribution in [0.25, 0.3) is 0 Å². The zero-order valence-electron chi connectivity index (χ0n) is 14.9. The van der Waals surface area contributed by atoms with Gasteiger partial charge in [-0.05, 0) is 26.2 Å². The molecule has 0 aromatic carbocycles. The monoisotopic (exact) mass is 357 g/mol. The lowest BCUT2D eigenvalue weighted by atomic mass is 10.1. The SMILES string of the molecule is Cc1ncoc1C(=O)N1CCc2ncnc(N[C@@H]3CCCOC3)c2CC1. The summed E-state index contributed by atoms with van der Waals surface area (Å²) in [6, 6.07) is 0.278. The first-order valence-electron chi connectivity index (χ1n) is 9.09. The van der Waals surface area contributed by atoms with E-state index < -0.39 is 0 Å². The van der Waals surface area contributed by atoms with Gasteiger partial charge in [-0.25, -0.2) is 15.0 Å². The molecule has 0 aliphatic carbocycles. The van der Waals surface area contributed by atoms with Crippen molar-refractivity contribution in [1.82, 2.24) is 19.9 Å². The van der Waals surface area contributed by atoms with E-state index in [1.807, 2.05) is 4.90 Å². The van der Waals surface area contributed by atoms with E-state index in [9.17, 15) is 4.79 Å². The number of rotatable bonds is 3. The van der Waals surface area contributed by atoms with Gasteiger partial charge in [-0.2, -0.15) is 0 Å². The normalized spacial score (nSPS) is 20.3. The van der Waals surface area contributed by atoms with Crippen molar-refractivity contribution in [3.8, 4) is 0 Å². The second-order valence-electron chi connectivity index (χ2n) is 6.77. The van der Waals surface area contributed by atoms with Gasteiger partial charge in [-0.1, -0.05) is 0 Å². The average Bonchev–Trinajstić information content (AvgIpc) is 2.97. The Morgan fingerprint density at radius 2 is 2.15 bits per heavy atom. The van der Waals surface area contributed by atoms with E-state index in [0.29, 0.717) is 44.0 Å². The molecule has 0 radical (unpaired) electrons. The van der Waals surface area contributed by atoms with Crippen LogP contribution < -0.4 is 5.32 Å². The third-order valence-corrected chi connectivity index (χ3v) is 5.01. The highest BCUT2D eigenvalue weighted by Gasteiger charge is 2.26. The van der Waals surface area contributed by atoms with Gasteiger partial charge in [0.15, 0.2) is 6.39 Å². The standard InChI is InChI=1S/C18H23N5O3/c1-12-16(26-11-21-12)18(24)23-6-4-14-15(5-7-23)19-10-20-17(14)22-13-3-2-8-25-9-13/h10-11,13H,2-9H2,1H3,(H,19,20,22)/t13-/m1/s1. The summed E-state index contributed by atoms with van der Waals surface area (Å²) in [6.07, 6.45) is 6.47. The molecule has 0 saturated carbocycles. The van der Waals surface area contributed by atoms with Crippen LogP contribution in [-0.4, -0.2) is 58.1 Å². The van der Waals surface area contributed by atoms with Gasteiger partial charge >= 0.3 is 0 Å². The van der Waals surface area contributed by atoms with Crippen LogP contribution in [0.3, 0.4) is 0 Å². The predicted molar refractivity (Wildman–Crippen MR) is 94.0 cm³/mol. The highest BCUT2D eigenvalue weighted by Crippen LogP contribution is 2.23. The zero-order valence-corrected chi connectivity index (χ0v) is 14.9. The van der Waals surface area contributed by atoms with Gasteiger partial charge < -0.3 is 19.4 Å². The molecule has 4 rings (SSSR count). The topological polar surface area (TPSA) is 93.4 Å². The molecule has 2 aromatic heterocycles. The highest BCUT2D eigenvalue weighted by atomic mass is 16.5. The number of anilines is 1. The van der Waals surface area contributed by atoms with Crippen molar-refractivity contribution < 1.29 is 13.9 Å². The molecule has 4 heterocycles. The quantitative estimate of drug-likeness (QED) is 0.892. The van der Waals surface area contributed by atoms with E-state index in [1.54, 1.807) is 13.3 Å². The summed E-state index contributed by atoms with van der Waals surface area (Å²) in [5.74, 6) is 1.08. The molecule has 0 bridgehead atoms. The van der Waals surface area contributed by atoms with Gasteiger partial charge in [-0.15, -0.1) is 0 Å². The summed E-state index contributed by atoms with van der Waals surface area (Å²) in [4.78, 5) is 27.4. The Hall–Kier alpha value is -2.48. The van der Waals surface area contributed by atoms with Crippen molar-refractivity contribution in [2.75, 3.05) is 31.6 Å². The number of ether oxygens (including phenoxy) is 1. The van der Waals surface area contributed by atoms with E-state index in [-0.39, 0.29) is 11.9 Å². The molecule has 1 saturated heterocycles. The first-order valence-corrected chi connectivity index (χ1v) is 9.09. The summed E-state index contributed by atoms with van der Waals surface area (Å²) >= 11 is 0. The van der Waals surface area contributed by atoms with E-state index in [2.05, 4.69) is 20.3 Å². The number of carbonyl (C=O) groups excluding carboxylic acids is 1. The lowest BCUT2D eigenvalue weighted by Crippen LogP contribution is -2.33. The fourth-order valence-electron chi connectivity index (χ4n) is 3.55. The Morgan fingerprint density at radius 1 is 1.27 bits per heavy atom. The molecule has 2 aliphatic heterocycles. The first kappa shape index (κ1) is 17.0. The van der Waals surface area contributed by atoms with Gasteiger partial charge in [0.05, 0.1) is 24.0 Å². The fraction of sp³-hybridized carbons (Fsp3) is 0.556. The number of oxazole rings is 1. The van der Waals surface area contributed by atoms with Crippen LogP contribution in [0.15, 0.2) is 17.1 Å². The van der Waals surface area contributed by atoms with Crippen LogP contribution in [0, 0.1) is 6.92 Å². The Kier molecular flexibility index (Phi) is 4.83. The molecule has 2 aromatic rings. The van der Waals surface area contributed by atoms with E-state index in [0.717, 1.165) is 36.5 Å². The number of carbonyl (C=O) groups is 1. The minimum atomic E-state index is -0.115. The maximum Gasteiger partial charge on any atom is 0.291 e. The Bertz CT molecular complexity index is 785. The Morgan fingerprint density at radius 3 is 2.92 bits per heavy atom. The molecule has 2 aliphatic rings. The molecule has 8 heteroatoms. The van der Waals surface area contributed by atoms with Crippen molar-refractivity contribution in [3.05, 3.63) is 35.4 Å². The van der Waals surface area contributed by atoms with Crippen molar-refractivity contribution in [2.45, 2.75) is 38.6 Å².